The number of esters is 1. The summed E-state index contributed by atoms with van der Waals surface area (Å²) in [4.78, 5) is 24.8. The number of carbonyl (C=O) groups is 2. The zero-order valence-corrected chi connectivity index (χ0v) is 16.8. The monoisotopic (exact) mass is 409 g/mol. The van der Waals surface area contributed by atoms with Crippen molar-refractivity contribution in [1.29, 1.82) is 0 Å². The van der Waals surface area contributed by atoms with Gasteiger partial charge in [0.1, 0.15) is 0 Å². The standard InChI is InChI=1S/C20H21Cl2NO4/c1-12-9-16(13(2)23(12)10-14-5-4-8-26-14)18(24)11-27-20(25)15-6-3-7-17(21)19(15)22/h3,6-7,9,14H,4-5,8,10-11H2,1-2H3/t14-/m1/s1. The van der Waals surface area contributed by atoms with Gasteiger partial charge >= 0.3 is 5.97 Å². The quantitative estimate of drug-likeness (QED) is 0.515. The lowest BCUT2D eigenvalue weighted by Gasteiger charge is -2.14. The average molecular weight is 410 g/mol. The average Bonchev–Trinajstić information content (AvgIpc) is 3.25. The van der Waals surface area contributed by atoms with Crippen molar-refractivity contribution < 1.29 is 19.1 Å². The van der Waals surface area contributed by atoms with Crippen molar-refractivity contribution in [3.05, 3.63) is 56.8 Å². The van der Waals surface area contributed by atoms with Crippen LogP contribution >= 0.6 is 23.2 Å². The SMILES string of the molecule is Cc1cc(C(=O)COC(=O)c2cccc(Cl)c2Cl)c(C)n1C[C@H]1CCCO1. The van der Waals surface area contributed by atoms with Crippen molar-refractivity contribution in [2.45, 2.75) is 39.3 Å². The number of Topliss-reactive ketones (excluding diaryl/α,β-unsaturated/α-hetero) is 1. The molecule has 1 atom stereocenters. The number of carbonyl (C=O) groups excluding carboxylic acids is 2. The number of rotatable bonds is 6. The van der Waals surface area contributed by atoms with Crippen molar-refractivity contribution in [2.75, 3.05) is 13.2 Å². The van der Waals surface area contributed by atoms with Crippen LogP contribution in [-0.2, 0) is 16.0 Å². The van der Waals surface area contributed by atoms with E-state index in [1.165, 1.54) is 6.07 Å². The topological polar surface area (TPSA) is 57.5 Å². The maximum absolute atomic E-state index is 12.6. The number of hydrogen-bond donors (Lipinski definition) is 0. The molecular formula is C20H21Cl2NO4. The fourth-order valence-electron chi connectivity index (χ4n) is 3.30. The van der Waals surface area contributed by atoms with E-state index in [2.05, 4.69) is 4.57 Å². The highest BCUT2D eigenvalue weighted by molar-refractivity contribution is 6.43. The maximum atomic E-state index is 12.6. The van der Waals surface area contributed by atoms with E-state index in [4.69, 9.17) is 32.7 Å². The summed E-state index contributed by atoms with van der Waals surface area (Å²) in [5, 5.41) is 0.376. The highest BCUT2D eigenvalue weighted by Gasteiger charge is 2.22. The third kappa shape index (κ3) is 4.37. The summed E-state index contributed by atoms with van der Waals surface area (Å²) in [6, 6.07) is 6.52. The molecule has 5 nitrogen and oxygen atoms in total. The van der Waals surface area contributed by atoms with Crippen LogP contribution in [0.4, 0.5) is 0 Å². The number of ether oxygens (including phenoxy) is 2. The highest BCUT2D eigenvalue weighted by Crippen LogP contribution is 2.26. The Morgan fingerprint density at radius 2 is 2.04 bits per heavy atom. The third-order valence-corrected chi connectivity index (χ3v) is 5.61. The Bertz CT molecular complexity index is 869. The van der Waals surface area contributed by atoms with E-state index >= 15 is 0 Å². The van der Waals surface area contributed by atoms with E-state index in [0.717, 1.165) is 37.4 Å². The first-order chi connectivity index (χ1) is 12.9. The second-order valence-corrected chi connectivity index (χ2v) is 7.42. The molecule has 0 aliphatic carbocycles. The number of halogens is 2. The van der Waals surface area contributed by atoms with Gasteiger partial charge in [0.25, 0.3) is 0 Å². The van der Waals surface area contributed by atoms with Gasteiger partial charge in [-0.3, -0.25) is 4.79 Å². The Morgan fingerprint density at radius 3 is 2.74 bits per heavy atom. The molecule has 0 spiro atoms. The molecule has 1 aliphatic rings. The molecule has 7 heteroatoms. The minimum Gasteiger partial charge on any atom is -0.454 e. The molecule has 0 saturated carbocycles. The van der Waals surface area contributed by atoms with Crippen molar-refractivity contribution in [3.63, 3.8) is 0 Å². The van der Waals surface area contributed by atoms with Gasteiger partial charge in [-0.05, 0) is 44.9 Å². The number of benzene rings is 1. The molecule has 1 saturated heterocycles. The lowest BCUT2D eigenvalue weighted by molar-refractivity contribution is 0.0474. The van der Waals surface area contributed by atoms with Crippen LogP contribution in [0.3, 0.4) is 0 Å². The Balaban J connectivity index is 1.67. The van der Waals surface area contributed by atoms with Crippen molar-refractivity contribution in [2.24, 2.45) is 0 Å². The zero-order valence-electron chi connectivity index (χ0n) is 15.3. The van der Waals surface area contributed by atoms with Gasteiger partial charge in [0, 0.05) is 30.1 Å². The van der Waals surface area contributed by atoms with E-state index in [1.807, 2.05) is 19.9 Å². The van der Waals surface area contributed by atoms with Crippen LogP contribution in [0.25, 0.3) is 0 Å². The van der Waals surface area contributed by atoms with Crippen molar-refractivity contribution >= 4 is 35.0 Å². The molecule has 1 aromatic heterocycles. The van der Waals surface area contributed by atoms with E-state index in [9.17, 15) is 9.59 Å². The van der Waals surface area contributed by atoms with Crippen molar-refractivity contribution in [1.82, 2.24) is 4.57 Å². The maximum Gasteiger partial charge on any atom is 0.340 e. The number of ketones is 1. The normalized spacial score (nSPS) is 16.5. The van der Waals surface area contributed by atoms with Gasteiger partial charge in [-0.1, -0.05) is 29.3 Å². The van der Waals surface area contributed by atoms with E-state index in [0.29, 0.717) is 5.56 Å². The predicted octanol–water partition coefficient (Wildman–Crippen LogP) is 4.63. The van der Waals surface area contributed by atoms with Gasteiger partial charge < -0.3 is 14.0 Å². The minimum absolute atomic E-state index is 0.117. The molecule has 1 aromatic carbocycles. The van der Waals surface area contributed by atoms with Crippen LogP contribution in [0.15, 0.2) is 24.3 Å². The number of nitrogens with zero attached hydrogens (tertiary/aromatic N) is 1. The summed E-state index contributed by atoms with van der Waals surface area (Å²) < 4.78 is 12.9. The summed E-state index contributed by atoms with van der Waals surface area (Å²) in [5.41, 5.74) is 2.52. The lowest BCUT2D eigenvalue weighted by atomic mass is 10.1. The minimum atomic E-state index is -0.677. The Morgan fingerprint density at radius 1 is 1.26 bits per heavy atom. The first kappa shape index (κ1) is 19.9. The zero-order chi connectivity index (χ0) is 19.6. The Hall–Kier alpha value is -1.82. The molecule has 1 aliphatic heterocycles. The second kappa shape index (κ2) is 8.46. The Kier molecular flexibility index (Phi) is 6.25. The van der Waals surface area contributed by atoms with Gasteiger partial charge in [-0.2, -0.15) is 0 Å². The van der Waals surface area contributed by atoms with E-state index in [1.54, 1.807) is 12.1 Å². The second-order valence-electron chi connectivity index (χ2n) is 6.63. The number of aromatic nitrogens is 1. The van der Waals surface area contributed by atoms with Crippen LogP contribution < -0.4 is 0 Å². The summed E-state index contributed by atoms with van der Waals surface area (Å²) in [7, 11) is 0. The molecule has 0 radical (unpaired) electrons. The van der Waals surface area contributed by atoms with E-state index in [-0.39, 0.29) is 34.1 Å². The first-order valence-corrected chi connectivity index (χ1v) is 9.56. The first-order valence-electron chi connectivity index (χ1n) is 8.81. The Labute approximate surface area is 168 Å². The fourth-order valence-corrected chi connectivity index (χ4v) is 3.68. The fraction of sp³-hybridized carbons (Fsp3) is 0.400. The van der Waals surface area contributed by atoms with E-state index < -0.39 is 5.97 Å². The number of aryl methyl sites for hydroxylation is 1. The molecule has 0 bridgehead atoms. The summed E-state index contributed by atoms with van der Waals surface area (Å²) in [5.74, 6) is -0.933. The van der Waals surface area contributed by atoms with Crippen LogP contribution in [0, 0.1) is 13.8 Å². The molecule has 3 rings (SSSR count). The highest BCUT2D eigenvalue weighted by atomic mass is 35.5. The van der Waals surface area contributed by atoms with Gasteiger partial charge in [0.05, 0.1) is 21.7 Å². The molecule has 144 valence electrons. The molecular weight excluding hydrogens is 389 g/mol. The smallest absolute Gasteiger partial charge is 0.340 e. The predicted molar refractivity (Wildman–Crippen MR) is 104 cm³/mol. The van der Waals surface area contributed by atoms with Gasteiger partial charge in [-0.15, -0.1) is 0 Å². The molecule has 0 unspecified atom stereocenters. The van der Waals surface area contributed by atoms with Crippen LogP contribution in [0.5, 0.6) is 0 Å². The van der Waals surface area contributed by atoms with Crippen LogP contribution in [-0.4, -0.2) is 35.6 Å². The molecule has 0 amide bonds. The largest absolute Gasteiger partial charge is 0.454 e. The molecule has 1 fully saturated rings. The van der Waals surface area contributed by atoms with Crippen LogP contribution in [0.1, 0.15) is 44.9 Å². The molecule has 27 heavy (non-hydrogen) atoms. The molecule has 2 heterocycles. The summed E-state index contributed by atoms with van der Waals surface area (Å²) in [6.07, 6.45) is 2.27. The number of hydrogen-bond acceptors (Lipinski definition) is 4. The lowest BCUT2D eigenvalue weighted by Crippen LogP contribution is -2.18. The summed E-state index contributed by atoms with van der Waals surface area (Å²) in [6.45, 7) is 5.01. The molecule has 2 aromatic rings. The van der Waals surface area contributed by atoms with Crippen molar-refractivity contribution in [3.8, 4) is 0 Å². The van der Waals surface area contributed by atoms with Gasteiger partial charge in [0.15, 0.2) is 6.61 Å². The summed E-state index contributed by atoms with van der Waals surface area (Å²) >= 11 is 11.9. The van der Waals surface area contributed by atoms with Crippen LogP contribution in [0.2, 0.25) is 10.0 Å². The third-order valence-electron chi connectivity index (χ3n) is 4.79. The van der Waals surface area contributed by atoms with Gasteiger partial charge in [-0.25, -0.2) is 4.79 Å². The molecule has 0 N–H and O–H groups in total. The van der Waals surface area contributed by atoms with Gasteiger partial charge in [0.2, 0.25) is 5.78 Å².